The third-order valence-corrected chi connectivity index (χ3v) is 5.84. The van der Waals surface area contributed by atoms with E-state index in [1.807, 2.05) is 0 Å². The maximum Gasteiger partial charge on any atom is 0.359 e. The summed E-state index contributed by atoms with van der Waals surface area (Å²) in [6.45, 7) is 1.33. The van der Waals surface area contributed by atoms with Crippen LogP contribution in [0.25, 0.3) is 22.4 Å². The molecule has 4 rings (SSSR count). The van der Waals surface area contributed by atoms with Gasteiger partial charge >= 0.3 is 11.9 Å². The Labute approximate surface area is 226 Å². The van der Waals surface area contributed by atoms with Gasteiger partial charge in [0.05, 0.1) is 35.3 Å². The number of rotatable bonds is 9. The molecule has 0 amide bonds. The van der Waals surface area contributed by atoms with Gasteiger partial charge in [0.25, 0.3) is 0 Å². The zero-order chi connectivity index (χ0) is 27.2. The zero-order valence-electron chi connectivity index (χ0n) is 20.1. The highest BCUT2D eigenvalue weighted by Gasteiger charge is 2.24. The largest absolute Gasteiger partial charge is 0.492 e. The van der Waals surface area contributed by atoms with E-state index in [1.165, 1.54) is 25.4 Å². The molecule has 2 heterocycles. The number of nitrogens with zero attached hydrogens (tertiary/aromatic N) is 4. The maximum absolute atomic E-state index is 15.2. The summed E-state index contributed by atoms with van der Waals surface area (Å²) < 4.78 is 30.6. The second kappa shape index (κ2) is 12.0. The molecule has 0 spiro atoms. The van der Waals surface area contributed by atoms with Gasteiger partial charge < -0.3 is 19.5 Å². The van der Waals surface area contributed by atoms with Crippen LogP contribution in [0.1, 0.15) is 23.0 Å². The summed E-state index contributed by atoms with van der Waals surface area (Å²) in [5.41, 5.74) is 1.30. The first-order valence-corrected chi connectivity index (χ1v) is 11.9. The average molecular weight is 560 g/mol. The lowest BCUT2D eigenvalue weighted by Gasteiger charge is -2.14. The van der Waals surface area contributed by atoms with Crippen molar-refractivity contribution in [2.45, 2.75) is 13.5 Å². The van der Waals surface area contributed by atoms with Crippen molar-refractivity contribution in [2.24, 2.45) is 0 Å². The van der Waals surface area contributed by atoms with Crippen molar-refractivity contribution in [2.75, 3.05) is 25.6 Å². The van der Waals surface area contributed by atoms with E-state index in [1.54, 1.807) is 31.3 Å². The molecule has 0 aliphatic heterocycles. The minimum Gasteiger partial charge on any atom is -0.492 e. The monoisotopic (exact) mass is 559 g/mol. The van der Waals surface area contributed by atoms with E-state index < -0.39 is 17.8 Å². The summed E-state index contributed by atoms with van der Waals surface area (Å²) in [6, 6.07) is 7.98. The number of hydrogen-bond donors (Lipinski definition) is 1. The van der Waals surface area contributed by atoms with Crippen molar-refractivity contribution in [1.82, 2.24) is 19.9 Å². The molecular weight excluding hydrogens is 540 g/mol. The number of benzene rings is 2. The minimum atomic E-state index is -0.917. The first-order chi connectivity index (χ1) is 18.3. The number of methoxy groups -OCH3 is 1. The van der Waals surface area contributed by atoms with E-state index in [4.69, 9.17) is 37.4 Å². The number of carbonyl (C=O) groups excluding carboxylic acids is 2. The lowest BCUT2D eigenvalue weighted by Crippen LogP contribution is -2.19. The molecule has 0 fully saturated rings. The lowest BCUT2D eigenvalue weighted by atomic mass is 10.1. The summed E-state index contributed by atoms with van der Waals surface area (Å²) in [6.07, 6.45) is 3.08. The number of esters is 2. The number of aromatic nitrogens is 4. The second-order valence-electron chi connectivity index (χ2n) is 7.58. The summed E-state index contributed by atoms with van der Waals surface area (Å²) >= 11 is 12.4. The number of ether oxygens (including phenoxy) is 3. The summed E-state index contributed by atoms with van der Waals surface area (Å²) in [4.78, 5) is 41.9. The molecule has 4 aromatic rings. The van der Waals surface area contributed by atoms with E-state index in [-0.39, 0.29) is 58.5 Å². The fraction of sp³-hybridized carbons (Fsp3) is 0.200. The molecule has 1 N–H and O–H groups in total. The molecule has 196 valence electrons. The van der Waals surface area contributed by atoms with Gasteiger partial charge in [0.15, 0.2) is 23.1 Å². The Balaban J connectivity index is 1.71. The van der Waals surface area contributed by atoms with Crippen LogP contribution in [-0.4, -0.2) is 52.1 Å². The Morgan fingerprint density at radius 2 is 1.84 bits per heavy atom. The van der Waals surface area contributed by atoms with Crippen LogP contribution < -0.4 is 10.1 Å². The molecule has 2 aromatic carbocycles. The van der Waals surface area contributed by atoms with Crippen LogP contribution in [0.2, 0.25) is 10.0 Å². The summed E-state index contributed by atoms with van der Waals surface area (Å²) in [5, 5.41) is 2.49. The second-order valence-corrected chi connectivity index (χ2v) is 8.36. The molecule has 0 bridgehead atoms. The Morgan fingerprint density at radius 1 is 1.05 bits per heavy atom. The normalized spacial score (nSPS) is 10.8. The fourth-order valence-electron chi connectivity index (χ4n) is 3.46. The first kappa shape index (κ1) is 27.0. The summed E-state index contributed by atoms with van der Waals surface area (Å²) in [5.74, 6) is -2.93. The van der Waals surface area contributed by atoms with Crippen LogP contribution in [-0.2, 0) is 20.9 Å². The Bertz CT molecular complexity index is 1520. The van der Waals surface area contributed by atoms with E-state index >= 15 is 4.39 Å². The number of halogens is 3. The van der Waals surface area contributed by atoms with E-state index in [0.717, 1.165) is 0 Å². The zero-order valence-corrected chi connectivity index (χ0v) is 21.6. The average Bonchev–Trinajstić information content (AvgIpc) is 2.91. The molecule has 38 heavy (non-hydrogen) atoms. The quantitative estimate of drug-likeness (QED) is 0.283. The van der Waals surface area contributed by atoms with Gasteiger partial charge in [-0.1, -0.05) is 35.3 Å². The number of carbonyl (C=O) groups is 2. The summed E-state index contributed by atoms with van der Waals surface area (Å²) in [7, 11) is 1.25. The van der Waals surface area contributed by atoms with E-state index in [0.29, 0.717) is 16.6 Å². The third kappa shape index (κ3) is 5.74. The van der Waals surface area contributed by atoms with Gasteiger partial charge in [-0.05, 0) is 25.1 Å². The highest BCUT2D eigenvalue weighted by Crippen LogP contribution is 2.35. The maximum atomic E-state index is 15.2. The van der Waals surface area contributed by atoms with Gasteiger partial charge in [-0.25, -0.2) is 19.2 Å². The van der Waals surface area contributed by atoms with Gasteiger partial charge in [0.2, 0.25) is 0 Å². The van der Waals surface area contributed by atoms with Crippen molar-refractivity contribution < 1.29 is 28.2 Å². The van der Waals surface area contributed by atoms with Crippen molar-refractivity contribution >= 4 is 52.0 Å². The van der Waals surface area contributed by atoms with Crippen LogP contribution in [0.3, 0.4) is 0 Å². The van der Waals surface area contributed by atoms with Crippen molar-refractivity contribution in [3.8, 4) is 17.1 Å². The van der Waals surface area contributed by atoms with Crippen LogP contribution >= 0.6 is 23.2 Å². The molecule has 0 saturated heterocycles. The molecule has 0 atom stereocenters. The molecule has 0 unspecified atom stereocenters. The molecule has 2 aromatic heterocycles. The van der Waals surface area contributed by atoms with Crippen LogP contribution in [0.5, 0.6) is 5.75 Å². The molecule has 0 radical (unpaired) electrons. The van der Waals surface area contributed by atoms with Crippen LogP contribution in [0.15, 0.2) is 42.7 Å². The Hall–Kier alpha value is -4.09. The number of anilines is 1. The molecule has 0 aliphatic rings. The lowest BCUT2D eigenvalue weighted by molar-refractivity contribution is -0.140. The highest BCUT2D eigenvalue weighted by molar-refractivity contribution is 6.35. The van der Waals surface area contributed by atoms with Gasteiger partial charge in [-0.2, -0.15) is 0 Å². The van der Waals surface area contributed by atoms with Crippen molar-refractivity contribution in [3.63, 3.8) is 0 Å². The van der Waals surface area contributed by atoms with Crippen LogP contribution in [0.4, 0.5) is 10.2 Å². The number of hydrogen-bond acceptors (Lipinski definition) is 10. The SMILES string of the molecule is CCOC(=O)CNc1nc(-c2ccc(Cl)c(OC)c2F)nc(C(=O)OCc2cccc3nccnc23)c1Cl. The molecule has 10 nitrogen and oxygen atoms in total. The van der Waals surface area contributed by atoms with Gasteiger partial charge in [0.1, 0.15) is 24.0 Å². The minimum absolute atomic E-state index is 0.0289. The van der Waals surface area contributed by atoms with Gasteiger partial charge in [0, 0.05) is 18.0 Å². The highest BCUT2D eigenvalue weighted by atomic mass is 35.5. The Kier molecular flexibility index (Phi) is 8.49. The number of para-hydroxylation sites is 1. The van der Waals surface area contributed by atoms with E-state index in [9.17, 15) is 9.59 Å². The molecular formula is C25H20Cl2FN5O5. The predicted octanol–water partition coefficient (Wildman–Crippen LogP) is 4.87. The van der Waals surface area contributed by atoms with Gasteiger partial charge in [-0.15, -0.1) is 0 Å². The van der Waals surface area contributed by atoms with E-state index in [2.05, 4.69) is 25.3 Å². The van der Waals surface area contributed by atoms with Crippen molar-refractivity contribution in [3.05, 3.63) is 69.8 Å². The smallest absolute Gasteiger partial charge is 0.359 e. The molecule has 13 heteroatoms. The fourth-order valence-corrected chi connectivity index (χ4v) is 3.91. The predicted molar refractivity (Wildman–Crippen MR) is 138 cm³/mol. The van der Waals surface area contributed by atoms with Crippen LogP contribution in [0, 0.1) is 5.82 Å². The standard InChI is InChI=1S/C25H20Cl2FN5O5/c1-3-37-17(34)11-31-24-18(27)21(32-23(33-24)14-7-8-15(26)22(36-2)19(14)28)25(35)38-12-13-5-4-6-16-20(13)30-10-9-29-16/h4-10H,3,11-12H2,1-2H3,(H,31,32,33). The number of nitrogens with one attached hydrogen (secondary N) is 1. The molecule has 0 aliphatic carbocycles. The van der Waals surface area contributed by atoms with Gasteiger partial charge in [-0.3, -0.25) is 14.8 Å². The third-order valence-electron chi connectivity index (χ3n) is 5.19. The Morgan fingerprint density at radius 3 is 2.61 bits per heavy atom. The number of fused-ring (bicyclic) bond motifs is 1. The molecule has 0 saturated carbocycles. The topological polar surface area (TPSA) is 125 Å². The van der Waals surface area contributed by atoms with Crippen molar-refractivity contribution in [1.29, 1.82) is 0 Å². The first-order valence-electron chi connectivity index (χ1n) is 11.2.